The van der Waals surface area contributed by atoms with E-state index in [2.05, 4.69) is 0 Å². The molecule has 0 aliphatic carbocycles. The Hall–Kier alpha value is -0.0900. The van der Waals surface area contributed by atoms with Gasteiger partial charge in [-0.25, -0.2) is 8.42 Å². The van der Waals surface area contributed by atoms with Gasteiger partial charge in [0.1, 0.15) is 0 Å². The van der Waals surface area contributed by atoms with E-state index in [4.69, 9.17) is 0 Å². The van der Waals surface area contributed by atoms with Crippen LogP contribution in [-0.4, -0.2) is 30.6 Å². The molecule has 3 nitrogen and oxygen atoms in total. The highest BCUT2D eigenvalue weighted by molar-refractivity contribution is 7.89. The molecule has 0 atom stereocenters. The van der Waals surface area contributed by atoms with Gasteiger partial charge in [0.2, 0.25) is 10.0 Å². The minimum absolute atomic E-state index is 0.177. The van der Waals surface area contributed by atoms with Gasteiger partial charge in [0.05, 0.1) is 5.75 Å². The fourth-order valence-corrected chi connectivity index (χ4v) is 4.03. The molecule has 0 aromatic rings. The van der Waals surface area contributed by atoms with Gasteiger partial charge in [0.15, 0.2) is 0 Å². The van der Waals surface area contributed by atoms with Crippen LogP contribution < -0.4 is 0 Å². The molecule has 0 saturated carbocycles. The molecular weight excluding hydrogens is 186 g/mol. The van der Waals surface area contributed by atoms with Crippen molar-refractivity contribution in [1.82, 2.24) is 4.31 Å². The quantitative estimate of drug-likeness (QED) is 0.684. The summed E-state index contributed by atoms with van der Waals surface area (Å²) >= 11 is 0. The van der Waals surface area contributed by atoms with E-state index in [1.165, 1.54) is 0 Å². The highest BCUT2D eigenvalue weighted by Gasteiger charge is 2.42. The second-order valence-corrected chi connectivity index (χ2v) is 6.82. The van der Waals surface area contributed by atoms with Gasteiger partial charge in [0.25, 0.3) is 0 Å². The average Bonchev–Trinajstić information content (AvgIpc) is 2.12. The molecule has 0 unspecified atom stereocenters. The first-order chi connectivity index (χ1) is 5.76. The van der Waals surface area contributed by atoms with E-state index >= 15 is 0 Å². The molecule has 1 rings (SSSR count). The molecule has 1 saturated heterocycles. The van der Waals surface area contributed by atoms with Crippen molar-refractivity contribution >= 4 is 10.0 Å². The molecule has 1 aliphatic heterocycles. The minimum Gasteiger partial charge on any atom is -0.212 e. The molecule has 1 aliphatic rings. The number of rotatable bonds is 2. The Labute approximate surface area is 81.2 Å². The fraction of sp³-hybridized carbons (Fsp3) is 1.00. The zero-order chi connectivity index (χ0) is 10.3. The first-order valence-electron chi connectivity index (χ1n) is 4.76. The first kappa shape index (κ1) is 11.0. The van der Waals surface area contributed by atoms with E-state index in [0.717, 1.165) is 6.42 Å². The largest absolute Gasteiger partial charge is 0.214 e. The van der Waals surface area contributed by atoms with Crippen LogP contribution in [0.1, 0.15) is 34.1 Å². The summed E-state index contributed by atoms with van der Waals surface area (Å²) in [6.07, 6.45) is 0.752. The molecule has 0 amide bonds. The molecular formula is C9H19NO2S. The Morgan fingerprint density at radius 1 is 1.38 bits per heavy atom. The van der Waals surface area contributed by atoms with E-state index in [-0.39, 0.29) is 5.54 Å². The summed E-state index contributed by atoms with van der Waals surface area (Å²) in [5.74, 6) is 0.708. The standard InChI is InChI=1S/C9H19NO2S/c1-8(2)7-10-9(3,4)5-6-13(10,11)12/h8H,5-7H2,1-4H3. The van der Waals surface area contributed by atoms with Crippen molar-refractivity contribution in [3.8, 4) is 0 Å². The summed E-state index contributed by atoms with van der Waals surface area (Å²) in [7, 11) is -2.96. The predicted molar refractivity (Wildman–Crippen MR) is 54.0 cm³/mol. The van der Waals surface area contributed by atoms with Crippen LogP contribution in [0.5, 0.6) is 0 Å². The van der Waals surface area contributed by atoms with E-state index in [1.807, 2.05) is 27.7 Å². The average molecular weight is 205 g/mol. The lowest BCUT2D eigenvalue weighted by Gasteiger charge is -2.30. The number of hydrogen-bond donors (Lipinski definition) is 0. The van der Waals surface area contributed by atoms with Crippen LogP contribution in [0, 0.1) is 5.92 Å². The van der Waals surface area contributed by atoms with Crippen molar-refractivity contribution in [1.29, 1.82) is 0 Å². The lowest BCUT2D eigenvalue weighted by Crippen LogP contribution is -2.42. The molecule has 0 aromatic carbocycles. The Balaban J connectivity index is 2.88. The van der Waals surface area contributed by atoms with Crippen molar-refractivity contribution in [2.45, 2.75) is 39.7 Å². The van der Waals surface area contributed by atoms with Gasteiger partial charge < -0.3 is 0 Å². The highest BCUT2D eigenvalue weighted by Crippen LogP contribution is 2.31. The lowest BCUT2D eigenvalue weighted by molar-refractivity contribution is 0.228. The van der Waals surface area contributed by atoms with Crippen LogP contribution in [0.15, 0.2) is 0 Å². The highest BCUT2D eigenvalue weighted by atomic mass is 32.2. The van der Waals surface area contributed by atoms with Gasteiger partial charge in [-0.3, -0.25) is 0 Å². The van der Waals surface area contributed by atoms with Crippen molar-refractivity contribution < 1.29 is 8.42 Å². The van der Waals surface area contributed by atoms with Gasteiger partial charge in [0, 0.05) is 12.1 Å². The zero-order valence-corrected chi connectivity index (χ0v) is 9.69. The van der Waals surface area contributed by atoms with Crippen LogP contribution >= 0.6 is 0 Å². The van der Waals surface area contributed by atoms with Gasteiger partial charge >= 0.3 is 0 Å². The Morgan fingerprint density at radius 3 is 2.23 bits per heavy atom. The van der Waals surface area contributed by atoms with Gasteiger partial charge in [-0.1, -0.05) is 13.8 Å². The van der Waals surface area contributed by atoms with Crippen molar-refractivity contribution in [2.75, 3.05) is 12.3 Å². The molecule has 0 N–H and O–H groups in total. The first-order valence-corrected chi connectivity index (χ1v) is 6.37. The molecule has 0 aromatic heterocycles. The molecule has 0 bridgehead atoms. The van der Waals surface area contributed by atoms with Crippen LogP contribution in [0.2, 0.25) is 0 Å². The van der Waals surface area contributed by atoms with E-state index < -0.39 is 10.0 Å². The molecule has 1 heterocycles. The lowest BCUT2D eigenvalue weighted by atomic mass is 10.0. The van der Waals surface area contributed by atoms with E-state index in [0.29, 0.717) is 18.2 Å². The van der Waals surface area contributed by atoms with Gasteiger partial charge in [-0.15, -0.1) is 0 Å². The molecule has 78 valence electrons. The SMILES string of the molecule is CC(C)CN1C(C)(C)CCS1(=O)=O. The van der Waals surface area contributed by atoms with Gasteiger partial charge in [-0.05, 0) is 26.2 Å². The smallest absolute Gasteiger partial charge is 0.212 e. The predicted octanol–water partition coefficient (Wildman–Crippen LogP) is 1.46. The molecule has 0 radical (unpaired) electrons. The van der Waals surface area contributed by atoms with E-state index in [9.17, 15) is 8.42 Å². The summed E-state index contributed by atoms with van der Waals surface area (Å²) in [5.41, 5.74) is -0.177. The second-order valence-electron chi connectivity index (χ2n) is 4.80. The van der Waals surface area contributed by atoms with Crippen LogP contribution in [0.25, 0.3) is 0 Å². The number of nitrogens with zero attached hydrogens (tertiary/aromatic N) is 1. The van der Waals surface area contributed by atoms with Crippen LogP contribution in [0.4, 0.5) is 0 Å². The van der Waals surface area contributed by atoms with Crippen LogP contribution in [0.3, 0.4) is 0 Å². The molecule has 1 fully saturated rings. The van der Waals surface area contributed by atoms with Crippen molar-refractivity contribution in [2.24, 2.45) is 5.92 Å². The summed E-state index contributed by atoms with van der Waals surface area (Å²) in [4.78, 5) is 0. The monoisotopic (exact) mass is 205 g/mol. The summed E-state index contributed by atoms with van der Waals surface area (Å²) in [5, 5.41) is 0. The normalized spacial score (nSPS) is 26.8. The van der Waals surface area contributed by atoms with Crippen LogP contribution in [-0.2, 0) is 10.0 Å². The minimum atomic E-state index is -2.96. The Bertz CT molecular complexity index is 280. The van der Waals surface area contributed by atoms with Gasteiger partial charge in [-0.2, -0.15) is 4.31 Å². The van der Waals surface area contributed by atoms with E-state index in [1.54, 1.807) is 4.31 Å². The molecule has 0 spiro atoms. The molecule has 4 heteroatoms. The third-order valence-corrected chi connectivity index (χ3v) is 4.55. The maximum atomic E-state index is 11.6. The molecule has 13 heavy (non-hydrogen) atoms. The Kier molecular flexibility index (Phi) is 2.74. The third kappa shape index (κ3) is 2.23. The summed E-state index contributed by atoms with van der Waals surface area (Å²) in [6.45, 7) is 8.74. The van der Waals surface area contributed by atoms with Crippen molar-refractivity contribution in [3.05, 3.63) is 0 Å². The summed E-state index contributed by atoms with van der Waals surface area (Å²) < 4.78 is 24.9. The second kappa shape index (κ2) is 3.24. The third-order valence-electron chi connectivity index (χ3n) is 2.51. The Morgan fingerprint density at radius 2 is 1.92 bits per heavy atom. The zero-order valence-electron chi connectivity index (χ0n) is 8.87. The fourth-order valence-electron chi connectivity index (χ4n) is 1.68. The van der Waals surface area contributed by atoms with Crippen molar-refractivity contribution in [3.63, 3.8) is 0 Å². The summed E-state index contributed by atoms with van der Waals surface area (Å²) in [6, 6.07) is 0. The maximum absolute atomic E-state index is 11.6. The maximum Gasteiger partial charge on any atom is 0.214 e. The number of sulfonamides is 1. The topological polar surface area (TPSA) is 37.4 Å². The number of hydrogen-bond acceptors (Lipinski definition) is 2.